The smallest absolute Gasteiger partial charge is 0.267 e. The van der Waals surface area contributed by atoms with Crippen LogP contribution >= 0.6 is 11.3 Å². The third kappa shape index (κ3) is 7.22. The van der Waals surface area contributed by atoms with Crippen molar-refractivity contribution in [3.05, 3.63) is 89.7 Å². The number of amides is 1. The second-order valence-corrected chi connectivity index (χ2v) is 14.7. The number of sulfonamides is 1. The van der Waals surface area contributed by atoms with Crippen LogP contribution in [0.3, 0.4) is 0 Å². The molecule has 3 atom stereocenters. The van der Waals surface area contributed by atoms with Gasteiger partial charge in [0.15, 0.2) is 15.6 Å². The Hall–Kier alpha value is -3.52. The minimum absolute atomic E-state index is 0.0190. The van der Waals surface area contributed by atoms with E-state index in [2.05, 4.69) is 9.97 Å². The van der Waals surface area contributed by atoms with Crippen LogP contribution in [0.2, 0.25) is 0 Å². The molecule has 0 aliphatic carbocycles. The van der Waals surface area contributed by atoms with Crippen molar-refractivity contribution < 1.29 is 26.4 Å². The third-order valence-electron chi connectivity index (χ3n) is 6.56. The van der Waals surface area contributed by atoms with Crippen molar-refractivity contribution in [2.24, 2.45) is 17.6 Å². The fourth-order valence-electron chi connectivity index (χ4n) is 4.40. The molecule has 1 amide bonds. The van der Waals surface area contributed by atoms with Crippen LogP contribution in [0, 0.1) is 11.8 Å². The van der Waals surface area contributed by atoms with Gasteiger partial charge in [-0.2, -0.15) is 0 Å². The van der Waals surface area contributed by atoms with Crippen LogP contribution in [0.1, 0.15) is 29.9 Å². The van der Waals surface area contributed by atoms with E-state index in [4.69, 9.17) is 5.73 Å². The van der Waals surface area contributed by atoms with Gasteiger partial charge in [-0.25, -0.2) is 26.1 Å². The zero-order valence-electron chi connectivity index (χ0n) is 22.5. The highest BCUT2D eigenvalue weighted by Crippen LogP contribution is 2.28. The minimum Gasteiger partial charge on any atom is -0.310 e. The summed E-state index contributed by atoms with van der Waals surface area (Å²) in [6, 6.07) is 18.1. The van der Waals surface area contributed by atoms with Gasteiger partial charge < -0.3 is 5.73 Å². The molecule has 0 spiro atoms. The maximum Gasteiger partial charge on any atom is 0.267 e. The number of Topliss-reactive ketones (excluding diaryl/α,β-unsaturated/α-hetero) is 1. The molecule has 2 aromatic heterocycles. The van der Waals surface area contributed by atoms with E-state index in [0.29, 0.717) is 20.9 Å². The number of carbonyl (C=O) groups excluding carboxylic acids is 2. The number of rotatable bonds is 12. The molecule has 0 saturated carbocycles. The summed E-state index contributed by atoms with van der Waals surface area (Å²) in [5.74, 6) is -5.14. The molecule has 4 aromatic rings. The summed E-state index contributed by atoms with van der Waals surface area (Å²) in [5.41, 5.74) is 9.55. The second kappa shape index (κ2) is 12.6. The largest absolute Gasteiger partial charge is 0.310 e. The number of carbonyl (C=O) groups is 2. The van der Waals surface area contributed by atoms with Gasteiger partial charge in [0.1, 0.15) is 11.4 Å². The fourth-order valence-corrected chi connectivity index (χ4v) is 8.44. The molecule has 4 rings (SSSR count). The Morgan fingerprint density at radius 2 is 1.66 bits per heavy atom. The number of pyridine rings is 1. The van der Waals surface area contributed by atoms with Gasteiger partial charge in [0.25, 0.3) is 10.0 Å². The number of nitrogens with two attached hydrogens (primary N) is 1. The van der Waals surface area contributed by atoms with Gasteiger partial charge in [-0.15, -0.1) is 11.3 Å². The SMILES string of the molecule is CC(CS(=O)(=O)CC(=O)c1ccccn1)C(=O)N([C@H](N)[C@@H](C)Cc1ccccc1)S(=O)(=O)c1ccc2ncsc2c1. The van der Waals surface area contributed by atoms with E-state index in [0.717, 1.165) is 5.56 Å². The molecule has 13 heteroatoms. The maximum absolute atomic E-state index is 14.0. The lowest BCUT2D eigenvalue weighted by Gasteiger charge is -2.34. The highest BCUT2D eigenvalue weighted by molar-refractivity contribution is 7.92. The van der Waals surface area contributed by atoms with Crippen LogP contribution in [0.25, 0.3) is 10.2 Å². The molecular weight excluding hydrogens is 585 g/mol. The zero-order valence-corrected chi connectivity index (χ0v) is 24.9. The molecule has 0 fully saturated rings. The molecule has 216 valence electrons. The molecule has 0 aliphatic heterocycles. The molecule has 2 N–H and O–H groups in total. The molecule has 1 unspecified atom stereocenters. The van der Waals surface area contributed by atoms with Crippen LogP contribution in [0.15, 0.2) is 83.3 Å². The highest BCUT2D eigenvalue weighted by Gasteiger charge is 2.40. The molecule has 0 saturated heterocycles. The Labute approximate surface area is 243 Å². The molecule has 2 aromatic carbocycles. The van der Waals surface area contributed by atoms with E-state index < -0.39 is 61.1 Å². The Morgan fingerprint density at radius 1 is 0.951 bits per heavy atom. The quantitative estimate of drug-likeness (QED) is 0.187. The summed E-state index contributed by atoms with van der Waals surface area (Å²) in [6.45, 7) is 3.04. The first-order valence-electron chi connectivity index (χ1n) is 12.7. The van der Waals surface area contributed by atoms with E-state index in [1.165, 1.54) is 48.7 Å². The van der Waals surface area contributed by atoms with Crippen molar-refractivity contribution in [2.45, 2.75) is 31.3 Å². The molecule has 41 heavy (non-hydrogen) atoms. The average molecular weight is 615 g/mol. The van der Waals surface area contributed by atoms with Crippen molar-refractivity contribution in [1.82, 2.24) is 14.3 Å². The number of thiazole rings is 1. The number of hydrogen-bond donors (Lipinski definition) is 1. The number of ketones is 1. The number of benzene rings is 2. The van der Waals surface area contributed by atoms with Crippen LogP contribution in [-0.4, -0.2) is 60.5 Å². The van der Waals surface area contributed by atoms with Crippen LogP contribution in [-0.2, 0) is 31.1 Å². The van der Waals surface area contributed by atoms with E-state index in [9.17, 15) is 26.4 Å². The van der Waals surface area contributed by atoms with Gasteiger partial charge >= 0.3 is 0 Å². The van der Waals surface area contributed by atoms with Crippen LogP contribution < -0.4 is 5.73 Å². The normalized spacial score (nSPS) is 14.3. The second-order valence-electron chi connectivity index (χ2n) is 9.87. The van der Waals surface area contributed by atoms with Crippen molar-refractivity contribution >= 4 is 53.1 Å². The van der Waals surface area contributed by atoms with Crippen molar-refractivity contribution in [3.8, 4) is 0 Å². The van der Waals surface area contributed by atoms with Crippen LogP contribution in [0.4, 0.5) is 0 Å². The average Bonchev–Trinajstić information content (AvgIpc) is 3.41. The Kier molecular flexibility index (Phi) is 9.32. The molecule has 0 aliphatic rings. The molecule has 0 bridgehead atoms. The highest BCUT2D eigenvalue weighted by atomic mass is 32.2. The Morgan fingerprint density at radius 3 is 2.34 bits per heavy atom. The monoisotopic (exact) mass is 614 g/mol. The number of aromatic nitrogens is 2. The summed E-state index contributed by atoms with van der Waals surface area (Å²) < 4.78 is 55.0. The summed E-state index contributed by atoms with van der Waals surface area (Å²) in [4.78, 5) is 34.2. The summed E-state index contributed by atoms with van der Waals surface area (Å²) >= 11 is 1.25. The first-order valence-corrected chi connectivity index (χ1v) is 16.9. The van der Waals surface area contributed by atoms with E-state index in [1.54, 1.807) is 24.6 Å². The lowest BCUT2D eigenvalue weighted by atomic mass is 9.98. The third-order valence-corrected chi connectivity index (χ3v) is 10.9. The summed E-state index contributed by atoms with van der Waals surface area (Å²) in [7, 11) is -8.62. The number of nitrogens with zero attached hydrogens (tertiary/aromatic N) is 3. The first-order chi connectivity index (χ1) is 19.4. The van der Waals surface area contributed by atoms with Crippen LogP contribution in [0.5, 0.6) is 0 Å². The van der Waals surface area contributed by atoms with Gasteiger partial charge in [-0.1, -0.05) is 50.2 Å². The van der Waals surface area contributed by atoms with Gasteiger partial charge in [0.2, 0.25) is 5.91 Å². The molecule has 10 nitrogen and oxygen atoms in total. The predicted octanol–water partition coefficient (Wildman–Crippen LogP) is 3.31. The Bertz CT molecular complexity index is 1740. The van der Waals surface area contributed by atoms with Gasteiger partial charge in [-0.3, -0.25) is 14.6 Å². The topological polar surface area (TPSA) is 157 Å². The zero-order chi connectivity index (χ0) is 29.8. The minimum atomic E-state index is -4.51. The van der Waals surface area contributed by atoms with Gasteiger partial charge in [-0.05, 0) is 48.2 Å². The lowest BCUT2D eigenvalue weighted by Crippen LogP contribution is -2.55. The molecule has 2 heterocycles. The van der Waals surface area contributed by atoms with Gasteiger partial charge in [0, 0.05) is 6.20 Å². The van der Waals surface area contributed by atoms with E-state index in [1.807, 2.05) is 30.3 Å². The maximum atomic E-state index is 14.0. The Balaban J connectivity index is 1.63. The number of fused-ring (bicyclic) bond motifs is 1. The van der Waals surface area contributed by atoms with Gasteiger partial charge in [0.05, 0.1) is 38.5 Å². The summed E-state index contributed by atoms with van der Waals surface area (Å²) in [5, 5.41) is 0. The standard InChI is InChI=1S/C28H30N4O6S3/c1-19(14-21-8-4-3-5-9-21)27(29)32(41(37,38)22-11-12-24-26(15-22)39-18-31-24)28(34)20(2)16-40(35,36)17-25(33)23-10-6-7-13-30-23/h3-13,15,18-20,27H,14,16-17,29H2,1-2H3/t19-,20?,27-/m0/s1. The number of hydrogen-bond acceptors (Lipinski definition) is 10. The summed E-state index contributed by atoms with van der Waals surface area (Å²) in [6.07, 6.45) is 0.446. The molecule has 0 radical (unpaired) electrons. The van der Waals surface area contributed by atoms with Crippen molar-refractivity contribution in [3.63, 3.8) is 0 Å². The van der Waals surface area contributed by atoms with E-state index >= 15 is 0 Å². The predicted molar refractivity (Wildman–Crippen MR) is 157 cm³/mol. The number of sulfone groups is 1. The van der Waals surface area contributed by atoms with E-state index in [-0.39, 0.29) is 10.6 Å². The fraction of sp³-hybridized carbons (Fsp3) is 0.286. The first kappa shape index (κ1) is 30.4. The van der Waals surface area contributed by atoms with Crippen molar-refractivity contribution in [2.75, 3.05) is 11.5 Å². The van der Waals surface area contributed by atoms with Crippen molar-refractivity contribution in [1.29, 1.82) is 0 Å². The molecular formula is C28H30N4O6S3. The lowest BCUT2D eigenvalue weighted by molar-refractivity contribution is -0.131.